The molecule has 1 amide bonds. The lowest BCUT2D eigenvalue weighted by Crippen LogP contribution is -2.34. The number of rotatable bonds is 5. The molecule has 6 nitrogen and oxygen atoms in total. The van der Waals surface area contributed by atoms with Gasteiger partial charge in [0.25, 0.3) is 5.89 Å². The number of aromatic nitrogens is 2. The molecule has 1 aliphatic rings. The van der Waals surface area contributed by atoms with E-state index in [1.54, 1.807) is 4.90 Å². The highest BCUT2D eigenvalue weighted by atomic mass is 35.5. The Morgan fingerprint density at radius 3 is 2.46 bits per heavy atom. The molecule has 142 valence electrons. The van der Waals surface area contributed by atoms with Crippen molar-refractivity contribution in [3.63, 3.8) is 0 Å². The van der Waals surface area contributed by atoms with E-state index in [9.17, 15) is 4.79 Å². The predicted octanol–water partition coefficient (Wildman–Crippen LogP) is 3.50. The van der Waals surface area contributed by atoms with Crippen LogP contribution in [0, 0.1) is 5.92 Å². The largest absolute Gasteiger partial charge is 0.341 e. The number of hydrogen-bond donors (Lipinski definition) is 1. The number of hydrogen-bond acceptors (Lipinski definition) is 5. The van der Waals surface area contributed by atoms with Gasteiger partial charge in [-0.3, -0.25) is 4.79 Å². The summed E-state index contributed by atoms with van der Waals surface area (Å²) in [4.78, 5) is 18.2. The van der Waals surface area contributed by atoms with E-state index in [4.69, 9.17) is 10.3 Å². The lowest BCUT2D eigenvalue weighted by molar-refractivity contribution is -0.133. The van der Waals surface area contributed by atoms with E-state index in [-0.39, 0.29) is 24.2 Å². The van der Waals surface area contributed by atoms with Gasteiger partial charge in [-0.1, -0.05) is 44.0 Å². The fourth-order valence-electron chi connectivity index (χ4n) is 3.32. The summed E-state index contributed by atoms with van der Waals surface area (Å²) < 4.78 is 5.41. The minimum atomic E-state index is -0.443. The van der Waals surface area contributed by atoms with Crippen molar-refractivity contribution < 1.29 is 9.32 Å². The molecule has 0 spiro atoms. The summed E-state index contributed by atoms with van der Waals surface area (Å²) in [6, 6.07) is 7.85. The second-order valence-corrected chi connectivity index (χ2v) is 7.33. The lowest BCUT2D eigenvalue weighted by atomic mass is 9.98. The minimum Gasteiger partial charge on any atom is -0.341 e. The highest BCUT2D eigenvalue weighted by Gasteiger charge is 2.36. The van der Waals surface area contributed by atoms with Crippen molar-refractivity contribution in [2.45, 2.75) is 51.6 Å². The van der Waals surface area contributed by atoms with E-state index in [2.05, 4.69) is 10.1 Å². The van der Waals surface area contributed by atoms with E-state index in [1.165, 1.54) is 0 Å². The highest BCUT2D eigenvalue weighted by molar-refractivity contribution is 5.85. The van der Waals surface area contributed by atoms with Crippen LogP contribution >= 0.6 is 12.4 Å². The first-order chi connectivity index (χ1) is 11.9. The Balaban J connectivity index is 0.00000243. The summed E-state index contributed by atoms with van der Waals surface area (Å²) in [5.74, 6) is 1.23. The Morgan fingerprint density at radius 1 is 1.27 bits per heavy atom. The zero-order chi connectivity index (χ0) is 18.0. The number of carbonyl (C=O) groups is 1. The first kappa shape index (κ1) is 20.4. The van der Waals surface area contributed by atoms with E-state index < -0.39 is 5.54 Å². The molecule has 26 heavy (non-hydrogen) atoms. The molecule has 0 unspecified atom stereocenters. The molecule has 2 aromatic rings. The molecule has 0 aliphatic heterocycles. The molecule has 7 heteroatoms. The van der Waals surface area contributed by atoms with Gasteiger partial charge in [-0.2, -0.15) is 4.98 Å². The maximum Gasteiger partial charge on any atom is 0.257 e. The van der Waals surface area contributed by atoms with E-state index in [0.717, 1.165) is 36.8 Å². The van der Waals surface area contributed by atoms with Crippen molar-refractivity contribution in [3.05, 3.63) is 35.7 Å². The molecule has 1 aromatic heterocycles. The summed E-state index contributed by atoms with van der Waals surface area (Å²) in [7, 11) is 1.82. The monoisotopic (exact) mass is 378 g/mol. The molecular weight excluding hydrogens is 352 g/mol. The predicted molar refractivity (Wildman–Crippen MR) is 103 cm³/mol. The van der Waals surface area contributed by atoms with E-state index >= 15 is 0 Å². The van der Waals surface area contributed by atoms with Crippen LogP contribution in [0.5, 0.6) is 0 Å². The van der Waals surface area contributed by atoms with Crippen molar-refractivity contribution in [1.29, 1.82) is 0 Å². The maximum atomic E-state index is 12.0. The Hall–Kier alpha value is -1.92. The fourth-order valence-corrected chi connectivity index (χ4v) is 3.32. The third kappa shape index (κ3) is 4.24. The van der Waals surface area contributed by atoms with Crippen molar-refractivity contribution in [1.82, 2.24) is 15.0 Å². The average molecular weight is 379 g/mol. The van der Waals surface area contributed by atoms with Gasteiger partial charge < -0.3 is 15.2 Å². The van der Waals surface area contributed by atoms with Crippen LogP contribution in [0.4, 0.5) is 0 Å². The van der Waals surface area contributed by atoms with Crippen molar-refractivity contribution in [2.75, 3.05) is 7.05 Å². The standard InChI is InChI=1S/C19H26N4O2.ClH/c1-13(2)17(24)23(3)12-14-6-8-15(9-7-14)16-21-18(22-25-16)19(20)10-4-5-11-19;/h6-9,13H,4-5,10-12,20H2,1-3H3;1H. The summed E-state index contributed by atoms with van der Waals surface area (Å²) in [6.07, 6.45) is 4.03. The van der Waals surface area contributed by atoms with Gasteiger partial charge in [-0.25, -0.2) is 0 Å². The normalized spacial score (nSPS) is 15.7. The van der Waals surface area contributed by atoms with Crippen LogP contribution in [0.1, 0.15) is 50.9 Å². The van der Waals surface area contributed by atoms with Gasteiger partial charge in [0.15, 0.2) is 5.82 Å². The molecule has 0 saturated heterocycles. The Kier molecular flexibility index (Phi) is 6.42. The molecule has 3 rings (SSSR count). The Bertz CT molecular complexity index is 736. The van der Waals surface area contributed by atoms with Crippen LogP contribution in [0.2, 0.25) is 0 Å². The average Bonchev–Trinajstić information content (AvgIpc) is 3.25. The summed E-state index contributed by atoms with van der Waals surface area (Å²) in [6.45, 7) is 4.39. The lowest BCUT2D eigenvalue weighted by Gasteiger charge is -2.19. The van der Waals surface area contributed by atoms with Crippen molar-refractivity contribution in [3.8, 4) is 11.5 Å². The molecule has 0 bridgehead atoms. The second kappa shape index (κ2) is 8.18. The number of benzene rings is 1. The highest BCUT2D eigenvalue weighted by Crippen LogP contribution is 2.35. The van der Waals surface area contributed by atoms with Crippen LogP contribution in [0.3, 0.4) is 0 Å². The maximum absolute atomic E-state index is 12.0. The summed E-state index contributed by atoms with van der Waals surface area (Å²) >= 11 is 0. The van der Waals surface area contributed by atoms with Crippen molar-refractivity contribution >= 4 is 18.3 Å². The third-order valence-corrected chi connectivity index (χ3v) is 4.86. The van der Waals surface area contributed by atoms with Gasteiger partial charge in [-0.15, -0.1) is 12.4 Å². The van der Waals surface area contributed by atoms with Crippen LogP contribution in [0.25, 0.3) is 11.5 Å². The van der Waals surface area contributed by atoms with Crippen LogP contribution < -0.4 is 5.73 Å². The zero-order valence-electron chi connectivity index (χ0n) is 15.6. The smallest absolute Gasteiger partial charge is 0.257 e. The number of halogens is 1. The Morgan fingerprint density at radius 2 is 1.88 bits per heavy atom. The van der Waals surface area contributed by atoms with Crippen molar-refractivity contribution in [2.24, 2.45) is 11.7 Å². The molecule has 0 atom stereocenters. The van der Waals surface area contributed by atoms with Crippen LogP contribution in [0.15, 0.2) is 28.8 Å². The molecule has 1 aliphatic carbocycles. The third-order valence-electron chi connectivity index (χ3n) is 4.86. The fraction of sp³-hybridized carbons (Fsp3) is 0.526. The van der Waals surface area contributed by atoms with E-state index in [0.29, 0.717) is 18.3 Å². The molecule has 0 radical (unpaired) electrons. The number of amides is 1. The van der Waals surface area contributed by atoms with Gasteiger partial charge in [-0.05, 0) is 30.5 Å². The van der Waals surface area contributed by atoms with Gasteiger partial charge in [0.05, 0.1) is 5.54 Å². The van der Waals surface area contributed by atoms with Crippen LogP contribution in [-0.2, 0) is 16.9 Å². The molecule has 1 fully saturated rings. The van der Waals surface area contributed by atoms with E-state index in [1.807, 2.05) is 45.2 Å². The van der Waals surface area contributed by atoms with Gasteiger partial charge in [0.2, 0.25) is 5.91 Å². The molecule has 1 saturated carbocycles. The number of nitrogens with two attached hydrogens (primary N) is 1. The Labute approximate surface area is 160 Å². The van der Waals surface area contributed by atoms with Gasteiger partial charge in [0, 0.05) is 25.1 Å². The minimum absolute atomic E-state index is 0. The first-order valence-corrected chi connectivity index (χ1v) is 8.86. The molecule has 1 heterocycles. The number of carbonyl (C=O) groups excluding carboxylic acids is 1. The second-order valence-electron chi connectivity index (χ2n) is 7.33. The molecule has 1 aromatic carbocycles. The van der Waals surface area contributed by atoms with Gasteiger partial charge >= 0.3 is 0 Å². The first-order valence-electron chi connectivity index (χ1n) is 8.86. The molecular formula is C19H27ClN4O2. The topological polar surface area (TPSA) is 85.2 Å². The van der Waals surface area contributed by atoms with Gasteiger partial charge in [0.1, 0.15) is 0 Å². The summed E-state index contributed by atoms with van der Waals surface area (Å²) in [5.41, 5.74) is 7.86. The zero-order valence-corrected chi connectivity index (χ0v) is 16.4. The number of nitrogens with zero attached hydrogens (tertiary/aromatic N) is 3. The quantitative estimate of drug-likeness (QED) is 0.860. The SMILES string of the molecule is CC(C)C(=O)N(C)Cc1ccc(-c2nc(C3(N)CCCC3)no2)cc1.Cl. The van der Waals surface area contributed by atoms with Crippen LogP contribution in [-0.4, -0.2) is 28.0 Å². The summed E-state index contributed by atoms with van der Waals surface area (Å²) in [5, 5.41) is 4.10. The molecule has 2 N–H and O–H groups in total.